The van der Waals surface area contributed by atoms with E-state index in [0.717, 1.165) is 23.6 Å². The highest BCUT2D eigenvalue weighted by atomic mass is 32.3. The first-order chi connectivity index (χ1) is 14.9. The number of piperazine rings is 1. The average molecular weight is 467 g/mol. The normalized spacial score (nSPS) is 17.6. The molecular formula is C23H38N4O4S. The van der Waals surface area contributed by atoms with Crippen molar-refractivity contribution in [1.29, 1.82) is 0 Å². The van der Waals surface area contributed by atoms with Gasteiger partial charge in [0.1, 0.15) is 18.0 Å². The van der Waals surface area contributed by atoms with Gasteiger partial charge in [-0.05, 0) is 57.6 Å². The molecule has 0 unspecified atom stereocenters. The van der Waals surface area contributed by atoms with Crippen LogP contribution >= 0.6 is 10.0 Å². The van der Waals surface area contributed by atoms with Crippen LogP contribution in [-0.4, -0.2) is 96.4 Å². The summed E-state index contributed by atoms with van der Waals surface area (Å²) in [5, 5.41) is 0. The fourth-order valence-electron chi connectivity index (χ4n) is 3.80. The Bertz CT molecular complexity index is 826. The molecule has 3 rings (SSSR count). The molecule has 1 saturated heterocycles. The number of amides is 2. The molecule has 8 nitrogen and oxygen atoms in total. The molecule has 0 saturated carbocycles. The van der Waals surface area contributed by atoms with Gasteiger partial charge in [-0.3, -0.25) is 0 Å². The summed E-state index contributed by atoms with van der Waals surface area (Å²) in [6, 6.07) is 1.99. The zero-order chi connectivity index (χ0) is 23.5. The molecule has 0 atom stereocenters. The van der Waals surface area contributed by atoms with Gasteiger partial charge >= 0.3 is 12.2 Å². The van der Waals surface area contributed by atoms with Crippen molar-refractivity contribution in [2.24, 2.45) is 0 Å². The number of aromatic nitrogens is 1. The van der Waals surface area contributed by atoms with E-state index in [2.05, 4.69) is 28.7 Å². The Kier molecular flexibility index (Phi) is 7.47. The number of nitrogens with zero attached hydrogens (tertiary/aromatic N) is 4. The molecule has 3 heterocycles. The predicted molar refractivity (Wildman–Crippen MR) is 130 cm³/mol. The number of ether oxygens (including phenoxy) is 2. The zero-order valence-electron chi connectivity index (χ0n) is 20.3. The molecule has 180 valence electrons. The predicted octanol–water partition coefficient (Wildman–Crippen LogP) is 3.33. The molecule has 0 bridgehead atoms. The van der Waals surface area contributed by atoms with Gasteiger partial charge in [0.05, 0.1) is 0 Å². The number of anilines is 1. The van der Waals surface area contributed by atoms with E-state index in [0.29, 0.717) is 45.9 Å². The van der Waals surface area contributed by atoms with Gasteiger partial charge in [-0.2, -0.15) is 0 Å². The molecule has 1 aromatic rings. The number of hydrogen-bond acceptors (Lipinski definition) is 6. The second-order valence-electron chi connectivity index (χ2n) is 10.3. The lowest BCUT2D eigenvalue weighted by Crippen LogP contribution is -2.50. The summed E-state index contributed by atoms with van der Waals surface area (Å²) in [6.07, 6.45) is 8.74. The Morgan fingerprint density at radius 1 is 1.03 bits per heavy atom. The number of pyridine rings is 1. The summed E-state index contributed by atoms with van der Waals surface area (Å²) in [5.74, 6) is 1.89. The molecule has 0 aliphatic carbocycles. The van der Waals surface area contributed by atoms with Crippen molar-refractivity contribution in [3.63, 3.8) is 0 Å². The molecule has 32 heavy (non-hydrogen) atoms. The molecule has 9 heteroatoms. The highest BCUT2D eigenvalue weighted by Crippen LogP contribution is 2.34. The molecule has 1 fully saturated rings. The molecule has 1 aromatic heterocycles. The van der Waals surface area contributed by atoms with Gasteiger partial charge in [0.25, 0.3) is 0 Å². The number of fused-ring (bicyclic) bond motifs is 1. The standard InChI is InChI=1S/C23H38N4O4S/c1-23(2,3)31-22(29)26-13-11-25(12-14-26)20-19-8-10-27(17-18(19)7-9-24-20)21(28)30-15-16-32(4,5)6/h7,9H,8,10-17H2,1-6H3. The summed E-state index contributed by atoms with van der Waals surface area (Å²) in [7, 11) is -0.678. The van der Waals surface area contributed by atoms with Gasteiger partial charge < -0.3 is 24.2 Å². The Morgan fingerprint density at radius 2 is 1.72 bits per heavy atom. The fraction of sp³-hybridized carbons (Fsp3) is 0.696. The summed E-state index contributed by atoms with van der Waals surface area (Å²) in [4.78, 5) is 35.3. The number of hydrogen-bond donors (Lipinski definition) is 0. The Labute approximate surface area is 193 Å². The van der Waals surface area contributed by atoms with Crippen LogP contribution in [0.1, 0.15) is 31.9 Å². The number of rotatable bonds is 4. The Morgan fingerprint density at radius 3 is 2.34 bits per heavy atom. The lowest BCUT2D eigenvalue weighted by molar-refractivity contribution is 0.0240. The van der Waals surface area contributed by atoms with Crippen LogP contribution in [0.3, 0.4) is 0 Å². The van der Waals surface area contributed by atoms with Crippen molar-refractivity contribution in [2.45, 2.75) is 39.3 Å². The molecular weight excluding hydrogens is 428 g/mol. The van der Waals surface area contributed by atoms with Crippen molar-refractivity contribution in [2.75, 3.05) is 68.8 Å². The minimum atomic E-state index is -0.678. The molecule has 2 aliphatic heterocycles. The van der Waals surface area contributed by atoms with Crippen LogP contribution in [0.15, 0.2) is 12.3 Å². The van der Waals surface area contributed by atoms with Crippen molar-refractivity contribution in [3.05, 3.63) is 23.4 Å². The highest BCUT2D eigenvalue weighted by Gasteiger charge is 2.30. The van der Waals surface area contributed by atoms with Gasteiger partial charge in [0, 0.05) is 56.8 Å². The lowest BCUT2D eigenvalue weighted by atomic mass is 10.0. The molecule has 0 spiro atoms. The first-order valence-corrected chi connectivity index (χ1v) is 14.2. The van der Waals surface area contributed by atoms with Crippen molar-refractivity contribution >= 4 is 28.0 Å². The summed E-state index contributed by atoms with van der Waals surface area (Å²) in [5.41, 5.74) is 1.82. The van der Waals surface area contributed by atoms with E-state index in [9.17, 15) is 9.59 Å². The second-order valence-corrected chi connectivity index (χ2v) is 14.9. The smallest absolute Gasteiger partial charge is 0.410 e. The van der Waals surface area contributed by atoms with Crippen LogP contribution in [0.5, 0.6) is 0 Å². The number of carbonyl (C=O) groups is 2. The SMILES string of the molecule is CC(C)(C)OC(=O)N1CCN(c2nccc3c2CCN(C(=O)OCCS(C)(C)C)C3)CC1. The third-order valence-electron chi connectivity index (χ3n) is 5.53. The molecule has 0 aromatic carbocycles. The minimum absolute atomic E-state index is 0.233. The van der Waals surface area contributed by atoms with Gasteiger partial charge in [0.2, 0.25) is 0 Å². The fourth-order valence-corrected chi connectivity index (χ4v) is 4.38. The van der Waals surface area contributed by atoms with Crippen LogP contribution in [-0.2, 0) is 22.4 Å². The van der Waals surface area contributed by atoms with E-state index in [1.165, 1.54) is 5.56 Å². The van der Waals surface area contributed by atoms with E-state index in [1.807, 2.05) is 33.0 Å². The quantitative estimate of drug-likeness (QED) is 0.678. The third kappa shape index (κ3) is 6.67. The van der Waals surface area contributed by atoms with Crippen LogP contribution < -0.4 is 4.90 Å². The van der Waals surface area contributed by atoms with Crippen LogP contribution in [0.25, 0.3) is 0 Å². The van der Waals surface area contributed by atoms with E-state index in [1.54, 1.807) is 9.80 Å². The maximum Gasteiger partial charge on any atom is 0.410 e. The Hall–Kier alpha value is -2.16. The maximum atomic E-state index is 12.5. The summed E-state index contributed by atoms with van der Waals surface area (Å²) < 4.78 is 11.0. The first kappa shape index (κ1) is 24.5. The van der Waals surface area contributed by atoms with Gasteiger partial charge in [-0.25, -0.2) is 24.6 Å². The monoisotopic (exact) mass is 466 g/mol. The van der Waals surface area contributed by atoms with E-state index in [4.69, 9.17) is 9.47 Å². The van der Waals surface area contributed by atoms with Gasteiger partial charge in [-0.1, -0.05) is 0 Å². The van der Waals surface area contributed by atoms with Crippen LogP contribution in [0.4, 0.5) is 15.4 Å². The zero-order valence-corrected chi connectivity index (χ0v) is 21.2. The average Bonchev–Trinajstić information content (AvgIpc) is 2.71. The third-order valence-corrected chi connectivity index (χ3v) is 6.92. The van der Waals surface area contributed by atoms with Crippen LogP contribution in [0.2, 0.25) is 0 Å². The molecule has 0 N–H and O–H groups in total. The van der Waals surface area contributed by atoms with E-state index < -0.39 is 15.6 Å². The lowest BCUT2D eigenvalue weighted by Gasteiger charge is -2.38. The highest BCUT2D eigenvalue weighted by molar-refractivity contribution is 8.32. The van der Waals surface area contributed by atoms with E-state index >= 15 is 0 Å². The van der Waals surface area contributed by atoms with Crippen molar-refractivity contribution < 1.29 is 19.1 Å². The van der Waals surface area contributed by atoms with Crippen molar-refractivity contribution in [1.82, 2.24) is 14.8 Å². The minimum Gasteiger partial charge on any atom is -0.449 e. The second kappa shape index (κ2) is 9.77. The molecule has 0 radical (unpaired) electrons. The van der Waals surface area contributed by atoms with Gasteiger partial charge in [-0.15, -0.1) is 0 Å². The van der Waals surface area contributed by atoms with E-state index in [-0.39, 0.29) is 12.2 Å². The van der Waals surface area contributed by atoms with Crippen molar-refractivity contribution in [3.8, 4) is 0 Å². The molecule has 2 aliphatic rings. The largest absolute Gasteiger partial charge is 0.449 e. The summed E-state index contributed by atoms with van der Waals surface area (Å²) >= 11 is 0. The van der Waals surface area contributed by atoms with Gasteiger partial charge in [0.15, 0.2) is 0 Å². The summed E-state index contributed by atoms with van der Waals surface area (Å²) in [6.45, 7) is 9.93. The first-order valence-electron chi connectivity index (χ1n) is 11.2. The topological polar surface area (TPSA) is 75.2 Å². The van der Waals surface area contributed by atoms with Crippen LogP contribution in [0, 0.1) is 0 Å². The Balaban J connectivity index is 1.58. The number of carbonyl (C=O) groups excluding carboxylic acids is 2. The molecule has 2 amide bonds. The maximum absolute atomic E-state index is 12.5.